The summed E-state index contributed by atoms with van der Waals surface area (Å²) in [5.74, 6) is -0.857. The van der Waals surface area contributed by atoms with E-state index in [0.29, 0.717) is 13.1 Å². The van der Waals surface area contributed by atoms with Crippen LogP contribution in [0.2, 0.25) is 0 Å². The average Bonchev–Trinajstić information content (AvgIpc) is 3.23. The minimum Gasteiger partial charge on any atom is -0.273 e. The minimum absolute atomic E-state index is 0.147. The van der Waals surface area contributed by atoms with Gasteiger partial charge in [0.05, 0.1) is 11.3 Å². The molecule has 1 fully saturated rings. The number of hydrogen-bond acceptors (Lipinski definition) is 4. The molecule has 1 heterocycles. The van der Waals surface area contributed by atoms with Gasteiger partial charge < -0.3 is 0 Å². The highest BCUT2D eigenvalue weighted by atomic mass is 32.2. The molecule has 0 aliphatic carbocycles. The second-order valence-electron chi connectivity index (χ2n) is 6.30. The fraction of sp³-hybridized carbons (Fsp3) is 0.263. The Morgan fingerprint density at radius 2 is 1.52 bits per heavy atom. The van der Waals surface area contributed by atoms with Crippen LogP contribution >= 0.6 is 0 Å². The molecular formula is C19H21N3O4S. The standard InChI is InChI=1S/C19H21N3O4S/c23-18(14-15-6-2-1-3-7-15)20-21-19(24)16-8-10-17(11-9-16)27(25,26)22-12-4-5-13-22/h1-3,6-11H,4-5,12-14H2,(H,20,23)(H,21,24). The Bertz CT molecular complexity index is 906. The zero-order valence-corrected chi connectivity index (χ0v) is 15.5. The normalized spacial score (nSPS) is 14.7. The lowest BCUT2D eigenvalue weighted by atomic mass is 10.1. The summed E-state index contributed by atoms with van der Waals surface area (Å²) in [7, 11) is -3.51. The predicted molar refractivity (Wildman–Crippen MR) is 100 cm³/mol. The van der Waals surface area contributed by atoms with Crippen LogP contribution in [0.1, 0.15) is 28.8 Å². The van der Waals surface area contributed by atoms with Gasteiger partial charge in [0.2, 0.25) is 15.9 Å². The largest absolute Gasteiger partial charge is 0.273 e. The van der Waals surface area contributed by atoms with Gasteiger partial charge in [0, 0.05) is 18.7 Å². The quantitative estimate of drug-likeness (QED) is 0.760. The Hall–Kier alpha value is -2.71. The number of amides is 2. The molecule has 0 unspecified atom stereocenters. The van der Waals surface area contributed by atoms with Crippen LogP contribution in [0.4, 0.5) is 0 Å². The minimum atomic E-state index is -3.51. The maximum atomic E-state index is 12.5. The lowest BCUT2D eigenvalue weighted by Gasteiger charge is -2.15. The lowest BCUT2D eigenvalue weighted by molar-refractivity contribution is -0.121. The van der Waals surface area contributed by atoms with E-state index >= 15 is 0 Å². The molecule has 142 valence electrons. The van der Waals surface area contributed by atoms with E-state index < -0.39 is 15.9 Å². The van der Waals surface area contributed by atoms with Crippen molar-refractivity contribution in [2.75, 3.05) is 13.1 Å². The third kappa shape index (κ3) is 4.72. The van der Waals surface area contributed by atoms with Gasteiger partial charge in [-0.05, 0) is 42.7 Å². The first kappa shape index (κ1) is 19.1. The molecule has 2 aromatic carbocycles. The summed E-state index contributed by atoms with van der Waals surface area (Å²) in [6, 6.07) is 14.8. The molecule has 3 rings (SSSR count). The van der Waals surface area contributed by atoms with E-state index in [1.165, 1.54) is 28.6 Å². The Morgan fingerprint density at radius 1 is 0.889 bits per heavy atom. The zero-order chi connectivity index (χ0) is 19.3. The van der Waals surface area contributed by atoms with Crippen LogP contribution in [0, 0.1) is 0 Å². The van der Waals surface area contributed by atoms with E-state index in [2.05, 4.69) is 10.9 Å². The molecular weight excluding hydrogens is 366 g/mol. The van der Waals surface area contributed by atoms with Crippen LogP contribution < -0.4 is 10.9 Å². The van der Waals surface area contributed by atoms with Gasteiger partial charge in [0.1, 0.15) is 0 Å². The number of nitrogens with one attached hydrogen (secondary N) is 2. The molecule has 1 saturated heterocycles. The van der Waals surface area contributed by atoms with Gasteiger partial charge in [-0.2, -0.15) is 4.31 Å². The van der Waals surface area contributed by atoms with Gasteiger partial charge in [0.25, 0.3) is 5.91 Å². The molecule has 2 aromatic rings. The molecule has 7 nitrogen and oxygen atoms in total. The fourth-order valence-electron chi connectivity index (χ4n) is 2.88. The van der Waals surface area contributed by atoms with Crippen molar-refractivity contribution in [3.63, 3.8) is 0 Å². The van der Waals surface area contributed by atoms with Gasteiger partial charge in [-0.3, -0.25) is 20.4 Å². The molecule has 0 spiro atoms. The molecule has 0 aromatic heterocycles. The van der Waals surface area contributed by atoms with Crippen LogP contribution in [0.15, 0.2) is 59.5 Å². The van der Waals surface area contributed by atoms with E-state index in [1.54, 1.807) is 0 Å². The first-order valence-corrected chi connectivity index (χ1v) is 10.1. The van der Waals surface area contributed by atoms with Crippen molar-refractivity contribution in [2.45, 2.75) is 24.2 Å². The summed E-state index contributed by atoms with van der Waals surface area (Å²) < 4.78 is 26.4. The maximum absolute atomic E-state index is 12.5. The number of hydrazine groups is 1. The highest BCUT2D eigenvalue weighted by Gasteiger charge is 2.27. The van der Waals surface area contributed by atoms with Crippen molar-refractivity contribution in [3.05, 3.63) is 65.7 Å². The Balaban J connectivity index is 1.56. The molecule has 8 heteroatoms. The van der Waals surface area contributed by atoms with E-state index in [4.69, 9.17) is 0 Å². The third-order valence-corrected chi connectivity index (χ3v) is 6.26. The molecule has 27 heavy (non-hydrogen) atoms. The summed E-state index contributed by atoms with van der Waals surface area (Å²) in [5, 5.41) is 0. The highest BCUT2D eigenvalue weighted by Crippen LogP contribution is 2.21. The van der Waals surface area contributed by atoms with Crippen LogP contribution in [-0.2, 0) is 21.2 Å². The van der Waals surface area contributed by atoms with Gasteiger partial charge in [-0.1, -0.05) is 30.3 Å². The van der Waals surface area contributed by atoms with E-state index in [1.807, 2.05) is 30.3 Å². The third-order valence-electron chi connectivity index (χ3n) is 4.34. The number of hydrogen-bond donors (Lipinski definition) is 2. The van der Waals surface area contributed by atoms with Gasteiger partial charge >= 0.3 is 0 Å². The first-order chi connectivity index (χ1) is 13.0. The van der Waals surface area contributed by atoms with E-state index in [0.717, 1.165) is 18.4 Å². The number of carbonyl (C=O) groups excluding carboxylic acids is 2. The molecule has 1 aliphatic heterocycles. The van der Waals surface area contributed by atoms with Gasteiger partial charge in [-0.25, -0.2) is 8.42 Å². The van der Waals surface area contributed by atoms with Crippen LogP contribution in [0.5, 0.6) is 0 Å². The highest BCUT2D eigenvalue weighted by molar-refractivity contribution is 7.89. The monoisotopic (exact) mass is 387 g/mol. The molecule has 2 amide bonds. The van der Waals surface area contributed by atoms with Gasteiger partial charge in [0.15, 0.2) is 0 Å². The van der Waals surface area contributed by atoms with Crippen LogP contribution in [0.25, 0.3) is 0 Å². The van der Waals surface area contributed by atoms with Crippen molar-refractivity contribution >= 4 is 21.8 Å². The number of benzene rings is 2. The summed E-state index contributed by atoms with van der Waals surface area (Å²) in [6.45, 7) is 1.05. The Morgan fingerprint density at radius 3 is 2.15 bits per heavy atom. The molecule has 0 bridgehead atoms. The summed E-state index contributed by atoms with van der Waals surface area (Å²) in [4.78, 5) is 24.2. The average molecular weight is 387 g/mol. The topological polar surface area (TPSA) is 95.6 Å². The van der Waals surface area contributed by atoms with E-state index in [-0.39, 0.29) is 22.8 Å². The molecule has 1 aliphatic rings. The summed E-state index contributed by atoms with van der Waals surface area (Å²) >= 11 is 0. The van der Waals surface area contributed by atoms with Crippen molar-refractivity contribution in [2.24, 2.45) is 0 Å². The molecule has 0 saturated carbocycles. The van der Waals surface area contributed by atoms with Crippen LogP contribution in [-0.4, -0.2) is 37.6 Å². The van der Waals surface area contributed by atoms with Gasteiger partial charge in [-0.15, -0.1) is 0 Å². The number of sulfonamides is 1. The Labute approximate surface area is 158 Å². The lowest BCUT2D eigenvalue weighted by Crippen LogP contribution is -2.42. The number of nitrogens with zero attached hydrogens (tertiary/aromatic N) is 1. The van der Waals surface area contributed by atoms with Crippen molar-refractivity contribution < 1.29 is 18.0 Å². The van der Waals surface area contributed by atoms with Crippen LogP contribution in [0.3, 0.4) is 0 Å². The second-order valence-corrected chi connectivity index (χ2v) is 8.24. The Kier molecular flexibility index (Phi) is 5.88. The number of rotatable bonds is 5. The maximum Gasteiger partial charge on any atom is 0.269 e. The zero-order valence-electron chi connectivity index (χ0n) is 14.7. The smallest absolute Gasteiger partial charge is 0.269 e. The molecule has 0 radical (unpaired) electrons. The predicted octanol–water partition coefficient (Wildman–Crippen LogP) is 1.47. The summed E-state index contributed by atoms with van der Waals surface area (Å²) in [5.41, 5.74) is 5.78. The fourth-order valence-corrected chi connectivity index (χ4v) is 4.40. The number of carbonyl (C=O) groups is 2. The van der Waals surface area contributed by atoms with Crippen molar-refractivity contribution in [3.8, 4) is 0 Å². The van der Waals surface area contributed by atoms with E-state index in [9.17, 15) is 18.0 Å². The van der Waals surface area contributed by atoms with Crippen molar-refractivity contribution in [1.82, 2.24) is 15.2 Å². The van der Waals surface area contributed by atoms with Crippen molar-refractivity contribution in [1.29, 1.82) is 0 Å². The SMILES string of the molecule is O=C(Cc1ccccc1)NNC(=O)c1ccc(S(=O)(=O)N2CCCC2)cc1. The molecule has 0 atom stereocenters. The first-order valence-electron chi connectivity index (χ1n) is 8.70. The second kappa shape index (κ2) is 8.32. The summed E-state index contributed by atoms with van der Waals surface area (Å²) in [6.07, 6.45) is 1.87. The molecule has 2 N–H and O–H groups in total.